The van der Waals surface area contributed by atoms with Gasteiger partial charge in [-0.15, -0.1) is 0 Å². The second-order valence-corrected chi connectivity index (χ2v) is 0.378. The van der Waals surface area contributed by atoms with Gasteiger partial charge in [0.25, 0.3) is 0 Å². The molecule has 44 valence electrons. The van der Waals surface area contributed by atoms with Crippen LogP contribution in [0.2, 0.25) is 0 Å². The van der Waals surface area contributed by atoms with E-state index in [-0.39, 0.29) is 13.5 Å². The molecule has 0 N–H and O–H groups in total. The van der Waals surface area contributed by atoms with E-state index in [1.54, 1.807) is 0 Å². The SMILES string of the molecule is [O-][Cl+][O-].[O-][Cl+][O-].[S+2]. The van der Waals surface area contributed by atoms with Crippen LogP contribution in [0.15, 0.2) is 0 Å². The van der Waals surface area contributed by atoms with Gasteiger partial charge in [-0.05, 0) is 0 Å². The lowest BCUT2D eigenvalue weighted by atomic mass is 15.9. The summed E-state index contributed by atoms with van der Waals surface area (Å²) < 4.78 is 32.9. The van der Waals surface area contributed by atoms with E-state index < -0.39 is 22.7 Å². The fourth-order valence-corrected chi connectivity index (χ4v) is 0. The highest BCUT2D eigenvalue weighted by molar-refractivity contribution is 7.37. The third kappa shape index (κ3) is 260. The normalized spacial score (nSPS) is 5.14. The summed E-state index contributed by atoms with van der Waals surface area (Å²) >= 11 is -0.833. The summed E-state index contributed by atoms with van der Waals surface area (Å²) in [6.07, 6.45) is 0. The minimum absolute atomic E-state index is 0. The van der Waals surface area contributed by atoms with Crippen molar-refractivity contribution < 1.29 is 41.3 Å². The average Bonchev–Trinajstić information content (AvgIpc) is 1.39. The van der Waals surface area contributed by atoms with E-state index in [9.17, 15) is 0 Å². The molecular formula is Cl2O4S. The second-order valence-electron chi connectivity index (χ2n) is 0.126. The van der Waals surface area contributed by atoms with Gasteiger partial charge in [-0.3, -0.25) is 0 Å². The fraction of sp³-hybridized carbons (Fsp3) is 0. The summed E-state index contributed by atoms with van der Waals surface area (Å²) in [6.45, 7) is 0. The summed E-state index contributed by atoms with van der Waals surface area (Å²) in [5.74, 6) is 0. The molecule has 7 heteroatoms. The Morgan fingerprint density at radius 3 is 0.714 bits per heavy atom. The molecule has 4 radical (unpaired) electrons. The zero-order valence-electron chi connectivity index (χ0n) is 2.80. The van der Waals surface area contributed by atoms with E-state index >= 15 is 0 Å². The molecule has 7 heavy (non-hydrogen) atoms. The highest BCUT2D eigenvalue weighted by atomic mass is 35.6. The molecule has 0 amide bonds. The van der Waals surface area contributed by atoms with Gasteiger partial charge in [0.15, 0.2) is 0 Å². The van der Waals surface area contributed by atoms with E-state index in [0.717, 1.165) is 0 Å². The molecule has 4 nitrogen and oxygen atoms in total. The minimum atomic E-state index is -0.417. The van der Waals surface area contributed by atoms with Gasteiger partial charge in [-0.25, -0.2) is 0 Å². The Bertz CT molecular complexity index is 11.7. The van der Waals surface area contributed by atoms with Crippen LogP contribution in [-0.2, 0) is 13.5 Å². The first-order valence-corrected chi connectivity index (χ1v) is 1.85. The predicted octanol–water partition coefficient (Wildman–Crippen LogP) is -4.76. The van der Waals surface area contributed by atoms with Crippen LogP contribution in [0, 0.1) is 22.7 Å². The molecule has 0 aromatic heterocycles. The van der Waals surface area contributed by atoms with Gasteiger partial charge in [0.05, 0.1) is 22.7 Å². The lowest BCUT2D eigenvalue weighted by Crippen LogP contribution is -2.13. The zero-order valence-corrected chi connectivity index (χ0v) is 5.13. The van der Waals surface area contributed by atoms with Crippen molar-refractivity contribution in [3.05, 3.63) is 0 Å². The van der Waals surface area contributed by atoms with Crippen molar-refractivity contribution in [2.24, 2.45) is 0 Å². The first kappa shape index (κ1) is 15.7. The summed E-state index contributed by atoms with van der Waals surface area (Å²) in [7, 11) is 0. The lowest BCUT2D eigenvalue weighted by Gasteiger charge is -1.68. The highest BCUT2D eigenvalue weighted by Crippen LogP contribution is 0.943. The Morgan fingerprint density at radius 2 is 0.714 bits per heavy atom. The summed E-state index contributed by atoms with van der Waals surface area (Å²) in [5, 5.41) is 0. The third-order valence-corrected chi connectivity index (χ3v) is 0. The molecule has 0 rings (SSSR count). The topological polar surface area (TPSA) is 92.2 Å². The minimum Gasteiger partial charge on any atom is -0.544 e. The highest BCUT2D eigenvalue weighted by Gasteiger charge is 2.00. The van der Waals surface area contributed by atoms with Crippen molar-refractivity contribution in [1.29, 1.82) is 0 Å². The number of hydrogen-bond acceptors (Lipinski definition) is 4. The molecule has 0 spiro atoms. The van der Waals surface area contributed by atoms with Crippen LogP contribution in [0.4, 0.5) is 0 Å². The maximum Gasteiger partial charge on any atom is 2.00 e. The Hall–Kier alpha value is 0.770. The molecular weight excluding hydrogens is 167 g/mol. The summed E-state index contributed by atoms with van der Waals surface area (Å²) in [6, 6.07) is 0. The van der Waals surface area contributed by atoms with Gasteiger partial charge < -0.3 is 18.6 Å². The molecule has 0 saturated heterocycles. The summed E-state index contributed by atoms with van der Waals surface area (Å²) in [4.78, 5) is 0. The zero-order chi connectivity index (χ0) is 5.41. The molecule has 0 aliphatic carbocycles. The molecule has 0 heterocycles. The van der Waals surface area contributed by atoms with Gasteiger partial charge in [-0.2, -0.15) is 0 Å². The van der Waals surface area contributed by atoms with Crippen LogP contribution in [0.25, 0.3) is 0 Å². The first-order valence-electron chi connectivity index (χ1n) is 0.617. The van der Waals surface area contributed by atoms with Crippen LogP contribution in [0.5, 0.6) is 0 Å². The van der Waals surface area contributed by atoms with Gasteiger partial charge in [-0.1, -0.05) is 0 Å². The maximum absolute atomic E-state index is 8.24. The fourth-order valence-electron chi connectivity index (χ4n) is 0. The molecule has 0 unspecified atom stereocenters. The van der Waals surface area contributed by atoms with Crippen LogP contribution >= 0.6 is 0 Å². The van der Waals surface area contributed by atoms with Crippen LogP contribution in [0.1, 0.15) is 0 Å². The van der Waals surface area contributed by atoms with Crippen molar-refractivity contribution in [2.75, 3.05) is 0 Å². The Balaban J connectivity index is -0.0000000400. The van der Waals surface area contributed by atoms with E-state index in [0.29, 0.717) is 0 Å². The smallest absolute Gasteiger partial charge is 0.544 e. The molecule has 0 saturated carbocycles. The van der Waals surface area contributed by atoms with Crippen molar-refractivity contribution in [2.45, 2.75) is 0 Å². The van der Waals surface area contributed by atoms with Crippen molar-refractivity contribution in [3.63, 3.8) is 0 Å². The number of hydrogen-bond donors (Lipinski definition) is 0. The molecule has 0 aliphatic heterocycles. The summed E-state index contributed by atoms with van der Waals surface area (Å²) in [5.41, 5.74) is 0. The molecule has 0 fully saturated rings. The first-order chi connectivity index (χ1) is 2.83. The number of halogens is 2. The Morgan fingerprint density at radius 1 is 0.714 bits per heavy atom. The second kappa shape index (κ2) is 29.4. The quantitative estimate of drug-likeness (QED) is 0.362. The molecule has 0 aromatic carbocycles. The molecule has 0 aliphatic rings. The van der Waals surface area contributed by atoms with Gasteiger partial charge in [0.2, 0.25) is 0 Å². The standard InChI is InChI=1S/2ClO2.S/c2*2-1-3;/q2*-1;+2. The van der Waals surface area contributed by atoms with Gasteiger partial charge in [0, 0.05) is 0 Å². The van der Waals surface area contributed by atoms with E-state index in [4.69, 9.17) is 18.6 Å². The average molecular weight is 167 g/mol. The predicted molar refractivity (Wildman–Crippen MR) is 7.37 cm³/mol. The Kier molecular flexibility index (Phi) is 65.7. The van der Waals surface area contributed by atoms with Crippen LogP contribution < -0.4 is 18.6 Å². The molecule has 0 aromatic rings. The molecule has 0 atom stereocenters. The van der Waals surface area contributed by atoms with Gasteiger partial charge >= 0.3 is 13.5 Å². The largest absolute Gasteiger partial charge is 2.00 e. The lowest BCUT2D eigenvalue weighted by molar-refractivity contribution is -1.41. The van der Waals surface area contributed by atoms with Crippen molar-refractivity contribution in [1.82, 2.24) is 0 Å². The van der Waals surface area contributed by atoms with Crippen molar-refractivity contribution in [3.8, 4) is 0 Å². The van der Waals surface area contributed by atoms with E-state index in [1.807, 2.05) is 0 Å². The van der Waals surface area contributed by atoms with E-state index in [2.05, 4.69) is 0 Å². The third-order valence-electron chi connectivity index (χ3n) is 0. The molecule has 0 bridgehead atoms. The van der Waals surface area contributed by atoms with E-state index in [1.165, 1.54) is 0 Å². The van der Waals surface area contributed by atoms with Crippen molar-refractivity contribution >= 4 is 13.5 Å². The Labute approximate surface area is 55.4 Å². The maximum atomic E-state index is 8.24. The monoisotopic (exact) mass is 166 g/mol. The number of rotatable bonds is 0. The van der Waals surface area contributed by atoms with Gasteiger partial charge in [0.1, 0.15) is 0 Å². The van der Waals surface area contributed by atoms with Crippen LogP contribution in [0.3, 0.4) is 0 Å². The van der Waals surface area contributed by atoms with Crippen LogP contribution in [-0.4, -0.2) is 0 Å².